The second-order valence-electron chi connectivity index (χ2n) is 9.47. The average molecular weight is 409 g/mol. The van der Waals surface area contributed by atoms with Gasteiger partial charge in [-0.05, 0) is 61.2 Å². The molecule has 3 rings (SSSR count). The molecule has 2 nitrogen and oxygen atoms in total. The highest BCUT2D eigenvalue weighted by atomic mass is 79.9. The highest BCUT2D eigenvalue weighted by molar-refractivity contribution is 9.09. The number of alkyl halides is 1. The van der Waals surface area contributed by atoms with E-state index in [1.54, 1.807) is 5.57 Å². The molecule has 0 radical (unpaired) electrons. The van der Waals surface area contributed by atoms with E-state index >= 15 is 0 Å². The monoisotopic (exact) mass is 408 g/mol. The molecular formula is C22H33BrO2. The lowest BCUT2D eigenvalue weighted by molar-refractivity contribution is -0.149. The summed E-state index contributed by atoms with van der Waals surface area (Å²) in [6.07, 6.45) is 13.3. The third kappa shape index (κ3) is 3.38. The summed E-state index contributed by atoms with van der Waals surface area (Å²) in [5.41, 5.74) is 2.36. The van der Waals surface area contributed by atoms with Crippen molar-refractivity contribution >= 4 is 21.9 Å². The summed E-state index contributed by atoms with van der Waals surface area (Å²) in [4.78, 5) is 11.7. The van der Waals surface area contributed by atoms with E-state index in [0.717, 1.165) is 6.42 Å². The summed E-state index contributed by atoms with van der Waals surface area (Å²) < 4.78 is 5.60. The smallest absolute Gasteiger partial charge is 0.316 e. The molecule has 0 saturated heterocycles. The fourth-order valence-electron chi connectivity index (χ4n) is 6.20. The largest absolute Gasteiger partial charge is 0.464 e. The van der Waals surface area contributed by atoms with Gasteiger partial charge in [-0.15, -0.1) is 6.58 Å². The molecule has 0 aliphatic heterocycles. The van der Waals surface area contributed by atoms with Crippen LogP contribution in [0.4, 0.5) is 0 Å². The van der Waals surface area contributed by atoms with Gasteiger partial charge < -0.3 is 4.74 Å². The summed E-state index contributed by atoms with van der Waals surface area (Å²) in [6, 6.07) is 0. The van der Waals surface area contributed by atoms with E-state index in [0.29, 0.717) is 23.8 Å². The Bertz CT molecular complexity index is 583. The van der Waals surface area contributed by atoms with Crippen LogP contribution in [-0.4, -0.2) is 17.9 Å². The average Bonchev–Trinajstić information content (AvgIpc) is 2.59. The van der Waals surface area contributed by atoms with Gasteiger partial charge in [0.1, 0.15) is 5.33 Å². The third-order valence-electron chi connectivity index (χ3n) is 7.62. The van der Waals surface area contributed by atoms with Crippen molar-refractivity contribution in [2.75, 3.05) is 11.9 Å². The molecule has 3 heteroatoms. The zero-order valence-corrected chi connectivity index (χ0v) is 17.7. The zero-order valence-electron chi connectivity index (χ0n) is 16.1. The first-order valence-corrected chi connectivity index (χ1v) is 10.9. The van der Waals surface area contributed by atoms with Crippen LogP contribution in [0.15, 0.2) is 24.3 Å². The minimum atomic E-state index is -0.138. The molecule has 140 valence electrons. The summed E-state index contributed by atoms with van der Waals surface area (Å²) in [5.74, 6) is 1.19. The Morgan fingerprint density at radius 2 is 2.12 bits per heavy atom. The lowest BCUT2D eigenvalue weighted by atomic mass is 9.46. The van der Waals surface area contributed by atoms with Gasteiger partial charge in [0.2, 0.25) is 0 Å². The van der Waals surface area contributed by atoms with Crippen molar-refractivity contribution in [3.05, 3.63) is 24.3 Å². The third-order valence-corrected chi connectivity index (χ3v) is 8.08. The SMILES string of the molecule is C=C[C@@]1(C)CC=C2C(CC[C@@H]3[C@](C)(COC(=O)CBr)CCC[C@@]23C)C1. The first-order valence-electron chi connectivity index (χ1n) is 9.82. The summed E-state index contributed by atoms with van der Waals surface area (Å²) in [5, 5.41) is 0.290. The Hall–Kier alpha value is -0.570. The highest BCUT2D eigenvalue weighted by Crippen LogP contribution is 2.63. The van der Waals surface area contributed by atoms with Gasteiger partial charge in [0, 0.05) is 5.41 Å². The predicted octanol–water partition coefficient (Wildman–Crippen LogP) is 6.06. The van der Waals surface area contributed by atoms with Crippen LogP contribution in [0.3, 0.4) is 0 Å². The number of halogens is 1. The lowest BCUT2D eigenvalue weighted by Crippen LogP contribution is -2.51. The number of allylic oxidation sites excluding steroid dienone is 3. The maximum atomic E-state index is 11.7. The number of esters is 1. The topological polar surface area (TPSA) is 26.3 Å². The van der Waals surface area contributed by atoms with Crippen molar-refractivity contribution in [1.29, 1.82) is 0 Å². The normalized spacial score (nSPS) is 43.4. The van der Waals surface area contributed by atoms with E-state index in [9.17, 15) is 4.79 Å². The van der Waals surface area contributed by atoms with E-state index in [1.165, 1.54) is 38.5 Å². The maximum Gasteiger partial charge on any atom is 0.316 e. The molecule has 0 aromatic rings. The molecule has 0 spiro atoms. The van der Waals surface area contributed by atoms with Crippen molar-refractivity contribution < 1.29 is 9.53 Å². The fourth-order valence-corrected chi connectivity index (χ4v) is 6.37. The molecule has 0 N–H and O–H groups in total. The van der Waals surface area contributed by atoms with Gasteiger partial charge in [-0.1, -0.05) is 60.8 Å². The van der Waals surface area contributed by atoms with Crippen LogP contribution in [0, 0.1) is 28.1 Å². The second kappa shape index (κ2) is 6.87. The number of hydrogen-bond acceptors (Lipinski definition) is 2. The van der Waals surface area contributed by atoms with Crippen molar-refractivity contribution in [1.82, 2.24) is 0 Å². The summed E-state index contributed by atoms with van der Waals surface area (Å²) >= 11 is 3.21. The van der Waals surface area contributed by atoms with Crippen LogP contribution < -0.4 is 0 Å². The second-order valence-corrected chi connectivity index (χ2v) is 10.0. The van der Waals surface area contributed by atoms with Crippen molar-refractivity contribution in [3.8, 4) is 0 Å². The Labute approximate surface area is 161 Å². The number of fused-ring (bicyclic) bond motifs is 3. The molecule has 25 heavy (non-hydrogen) atoms. The van der Waals surface area contributed by atoms with Gasteiger partial charge in [0.15, 0.2) is 0 Å². The molecule has 0 heterocycles. The molecule has 0 aromatic carbocycles. The number of carbonyl (C=O) groups is 1. The van der Waals surface area contributed by atoms with E-state index < -0.39 is 0 Å². The van der Waals surface area contributed by atoms with Gasteiger partial charge in [-0.3, -0.25) is 4.79 Å². The minimum Gasteiger partial charge on any atom is -0.464 e. The van der Waals surface area contributed by atoms with Gasteiger partial charge in [0.05, 0.1) is 6.61 Å². The van der Waals surface area contributed by atoms with E-state index in [-0.39, 0.29) is 22.2 Å². The van der Waals surface area contributed by atoms with Crippen LogP contribution >= 0.6 is 15.9 Å². The molecule has 3 aliphatic rings. The van der Waals surface area contributed by atoms with E-state index in [2.05, 4.69) is 55.4 Å². The zero-order chi connectivity index (χ0) is 18.3. The Balaban J connectivity index is 1.86. The number of hydrogen-bond donors (Lipinski definition) is 0. The van der Waals surface area contributed by atoms with Crippen LogP contribution in [-0.2, 0) is 9.53 Å². The van der Waals surface area contributed by atoms with Crippen LogP contribution in [0.1, 0.15) is 65.7 Å². The lowest BCUT2D eigenvalue weighted by Gasteiger charge is -2.59. The molecular weight excluding hydrogens is 376 g/mol. The molecule has 0 aromatic heterocycles. The van der Waals surface area contributed by atoms with Crippen LogP contribution in [0.5, 0.6) is 0 Å². The summed E-state index contributed by atoms with van der Waals surface area (Å²) in [7, 11) is 0. The molecule has 2 fully saturated rings. The first-order chi connectivity index (χ1) is 11.8. The Morgan fingerprint density at radius 3 is 2.80 bits per heavy atom. The number of carbonyl (C=O) groups excluding carboxylic acids is 1. The van der Waals surface area contributed by atoms with Crippen LogP contribution in [0.2, 0.25) is 0 Å². The fraction of sp³-hybridized carbons (Fsp3) is 0.773. The highest BCUT2D eigenvalue weighted by Gasteiger charge is 2.55. The molecule has 0 amide bonds. The minimum absolute atomic E-state index is 0.107. The quantitative estimate of drug-likeness (QED) is 0.321. The molecule has 2 saturated carbocycles. The number of ether oxygens (including phenoxy) is 1. The molecule has 1 unspecified atom stereocenters. The number of rotatable bonds is 4. The van der Waals surface area contributed by atoms with Gasteiger partial charge >= 0.3 is 5.97 Å². The Morgan fingerprint density at radius 1 is 1.36 bits per heavy atom. The van der Waals surface area contributed by atoms with Gasteiger partial charge in [0.25, 0.3) is 0 Å². The van der Waals surface area contributed by atoms with Crippen molar-refractivity contribution in [2.24, 2.45) is 28.1 Å². The predicted molar refractivity (Wildman–Crippen MR) is 107 cm³/mol. The molecule has 5 atom stereocenters. The van der Waals surface area contributed by atoms with Gasteiger partial charge in [-0.25, -0.2) is 0 Å². The standard InChI is InChI=1S/C22H33BrO2/c1-5-20(2)12-9-17-16(13-20)7-8-18-21(3,15-25-19(24)14-23)10-6-11-22(17,18)4/h5,9,16,18H,1,6-8,10-15H2,2-4H3/t16?,18-,20+,21+,22+/m1/s1. The molecule has 0 bridgehead atoms. The van der Waals surface area contributed by atoms with Crippen molar-refractivity contribution in [2.45, 2.75) is 65.7 Å². The van der Waals surface area contributed by atoms with Crippen LogP contribution in [0.25, 0.3) is 0 Å². The van der Waals surface area contributed by atoms with Crippen molar-refractivity contribution in [3.63, 3.8) is 0 Å². The summed E-state index contributed by atoms with van der Waals surface area (Å²) in [6.45, 7) is 11.9. The Kier molecular flexibility index (Phi) is 5.27. The maximum absolute atomic E-state index is 11.7. The van der Waals surface area contributed by atoms with E-state index in [4.69, 9.17) is 4.74 Å². The first kappa shape index (κ1) is 19.2. The molecule has 3 aliphatic carbocycles. The van der Waals surface area contributed by atoms with Gasteiger partial charge in [-0.2, -0.15) is 0 Å². The van der Waals surface area contributed by atoms with E-state index in [1.807, 2.05) is 0 Å².